The molecule has 19 heavy (non-hydrogen) atoms. The number of hydrogen-bond acceptors (Lipinski definition) is 2. The van der Waals surface area contributed by atoms with Crippen LogP contribution in [-0.2, 0) is 12.8 Å². The van der Waals surface area contributed by atoms with E-state index < -0.39 is 0 Å². The molecular formula is C16H15N2S+. The molecule has 0 fully saturated rings. The van der Waals surface area contributed by atoms with Crippen molar-refractivity contribution >= 4 is 22.7 Å². The van der Waals surface area contributed by atoms with Crippen molar-refractivity contribution in [2.75, 3.05) is 0 Å². The number of hydrogen-bond donors (Lipinski definition) is 0. The number of rotatable bonds is 3. The number of benzene rings is 1. The molecule has 0 amide bonds. The van der Waals surface area contributed by atoms with Crippen molar-refractivity contribution in [3.63, 3.8) is 0 Å². The molecule has 1 aromatic carbocycles. The molecule has 0 spiro atoms. The largest absolute Gasteiger partial charge is 0.252 e. The molecule has 0 atom stereocenters. The van der Waals surface area contributed by atoms with Gasteiger partial charge in [-0.3, -0.25) is 4.98 Å². The van der Waals surface area contributed by atoms with Crippen LogP contribution in [0.25, 0.3) is 10.9 Å². The van der Waals surface area contributed by atoms with Gasteiger partial charge < -0.3 is 0 Å². The summed E-state index contributed by atoms with van der Waals surface area (Å²) in [5, 5.41) is 2.44. The highest BCUT2D eigenvalue weighted by Crippen LogP contribution is 2.20. The molecule has 0 aliphatic rings. The van der Waals surface area contributed by atoms with Gasteiger partial charge in [0.1, 0.15) is 7.05 Å². The van der Waals surface area contributed by atoms with E-state index in [2.05, 4.69) is 59.2 Å². The summed E-state index contributed by atoms with van der Waals surface area (Å²) < 4.78 is 2.13. The minimum Gasteiger partial charge on any atom is -0.252 e. The van der Waals surface area contributed by atoms with Gasteiger partial charge in [-0.2, -0.15) is 4.57 Å². The van der Waals surface area contributed by atoms with Crippen molar-refractivity contribution in [2.45, 2.75) is 10.8 Å². The van der Waals surface area contributed by atoms with Crippen molar-refractivity contribution in [1.82, 2.24) is 4.98 Å². The third-order valence-corrected chi connectivity index (χ3v) is 4.19. The van der Waals surface area contributed by atoms with E-state index in [1.54, 1.807) is 0 Å². The summed E-state index contributed by atoms with van der Waals surface area (Å²) >= 11 is 1.81. The summed E-state index contributed by atoms with van der Waals surface area (Å²) in [6.45, 7) is 0. The second-order valence-corrected chi connectivity index (χ2v) is 5.43. The quantitative estimate of drug-likeness (QED) is 0.534. The van der Waals surface area contributed by atoms with Crippen LogP contribution in [0.4, 0.5) is 0 Å². The van der Waals surface area contributed by atoms with E-state index in [0.29, 0.717) is 0 Å². The number of aromatic nitrogens is 2. The molecule has 0 saturated heterocycles. The van der Waals surface area contributed by atoms with E-state index in [1.807, 2.05) is 30.0 Å². The lowest BCUT2D eigenvalue weighted by Crippen LogP contribution is -2.29. The molecule has 3 aromatic rings. The summed E-state index contributed by atoms with van der Waals surface area (Å²) in [7, 11) is 2.07. The predicted molar refractivity (Wildman–Crippen MR) is 78.9 cm³/mol. The van der Waals surface area contributed by atoms with Gasteiger partial charge in [-0.05, 0) is 18.2 Å². The SMILES string of the molecule is C[n+]1ccccc1SCc1ccc2ccccc2n1. The molecule has 0 N–H and O–H groups in total. The third-order valence-electron chi connectivity index (χ3n) is 3.03. The zero-order valence-corrected chi connectivity index (χ0v) is 11.6. The van der Waals surface area contributed by atoms with Crippen molar-refractivity contribution < 1.29 is 4.57 Å². The number of thioether (sulfide) groups is 1. The van der Waals surface area contributed by atoms with Crippen LogP contribution in [0, 0.1) is 0 Å². The Morgan fingerprint density at radius 1 is 1.00 bits per heavy atom. The Morgan fingerprint density at radius 3 is 2.74 bits per heavy atom. The number of pyridine rings is 2. The Morgan fingerprint density at radius 2 is 1.84 bits per heavy atom. The van der Waals surface area contributed by atoms with Gasteiger partial charge >= 0.3 is 0 Å². The Labute approximate surface area is 117 Å². The Kier molecular flexibility index (Phi) is 3.47. The number of fused-ring (bicyclic) bond motifs is 1. The predicted octanol–water partition coefficient (Wildman–Crippen LogP) is 3.35. The van der Waals surface area contributed by atoms with Crippen molar-refractivity contribution in [3.8, 4) is 0 Å². The highest BCUT2D eigenvalue weighted by Gasteiger charge is 2.06. The Balaban J connectivity index is 1.80. The van der Waals surface area contributed by atoms with E-state index in [9.17, 15) is 0 Å². The van der Waals surface area contributed by atoms with E-state index >= 15 is 0 Å². The van der Waals surface area contributed by atoms with Crippen molar-refractivity contribution in [1.29, 1.82) is 0 Å². The lowest BCUT2D eigenvalue weighted by molar-refractivity contribution is -0.708. The Hall–Kier alpha value is -1.87. The highest BCUT2D eigenvalue weighted by atomic mass is 32.2. The van der Waals surface area contributed by atoms with Gasteiger partial charge in [-0.1, -0.05) is 36.0 Å². The zero-order chi connectivity index (χ0) is 13.1. The average Bonchev–Trinajstić information content (AvgIpc) is 2.46. The van der Waals surface area contributed by atoms with Gasteiger partial charge in [-0.25, -0.2) is 0 Å². The number of nitrogens with zero attached hydrogens (tertiary/aromatic N) is 2. The first-order chi connectivity index (χ1) is 9.33. The summed E-state index contributed by atoms with van der Waals surface area (Å²) in [6, 6.07) is 18.7. The van der Waals surface area contributed by atoms with E-state index in [1.165, 1.54) is 10.4 Å². The molecule has 2 nitrogen and oxygen atoms in total. The molecule has 0 unspecified atom stereocenters. The molecule has 2 heterocycles. The van der Waals surface area contributed by atoms with Gasteiger partial charge in [0.15, 0.2) is 6.20 Å². The topological polar surface area (TPSA) is 16.8 Å². The maximum Gasteiger partial charge on any atom is 0.240 e. The monoisotopic (exact) mass is 267 g/mol. The van der Waals surface area contributed by atoms with Gasteiger partial charge in [-0.15, -0.1) is 0 Å². The summed E-state index contributed by atoms with van der Waals surface area (Å²) in [6.07, 6.45) is 2.07. The maximum atomic E-state index is 4.69. The summed E-state index contributed by atoms with van der Waals surface area (Å²) in [5.41, 5.74) is 2.19. The van der Waals surface area contributed by atoms with Gasteiger partial charge in [0.25, 0.3) is 0 Å². The van der Waals surface area contributed by atoms with Crippen LogP contribution in [0.15, 0.2) is 65.8 Å². The van der Waals surface area contributed by atoms with Crippen LogP contribution in [-0.4, -0.2) is 4.98 Å². The third kappa shape index (κ3) is 2.76. The molecule has 0 saturated carbocycles. The molecule has 2 aromatic heterocycles. The lowest BCUT2D eigenvalue weighted by Gasteiger charge is -2.02. The lowest BCUT2D eigenvalue weighted by atomic mass is 10.2. The van der Waals surface area contributed by atoms with Crippen molar-refractivity contribution in [2.24, 2.45) is 7.05 Å². The molecule has 0 aliphatic heterocycles. The minimum absolute atomic E-state index is 0.892. The van der Waals surface area contributed by atoms with Crippen LogP contribution < -0.4 is 4.57 Å². The summed E-state index contributed by atoms with van der Waals surface area (Å²) in [5.74, 6) is 0.892. The first-order valence-electron chi connectivity index (χ1n) is 6.25. The fourth-order valence-electron chi connectivity index (χ4n) is 1.99. The fraction of sp³-hybridized carbons (Fsp3) is 0.125. The molecule has 0 bridgehead atoms. The molecule has 3 heteroatoms. The van der Waals surface area contributed by atoms with Gasteiger partial charge in [0, 0.05) is 23.3 Å². The molecule has 0 aliphatic carbocycles. The molecule has 94 valence electrons. The zero-order valence-electron chi connectivity index (χ0n) is 10.8. The van der Waals surface area contributed by atoms with Crippen LogP contribution in [0.3, 0.4) is 0 Å². The first-order valence-corrected chi connectivity index (χ1v) is 7.23. The van der Waals surface area contributed by atoms with E-state index in [-0.39, 0.29) is 0 Å². The van der Waals surface area contributed by atoms with Crippen molar-refractivity contribution in [3.05, 3.63) is 66.5 Å². The highest BCUT2D eigenvalue weighted by molar-refractivity contribution is 7.98. The van der Waals surface area contributed by atoms with Gasteiger partial charge in [0.2, 0.25) is 5.03 Å². The van der Waals surface area contributed by atoms with Gasteiger partial charge in [0.05, 0.1) is 11.2 Å². The van der Waals surface area contributed by atoms with Crippen LogP contribution in [0.5, 0.6) is 0 Å². The van der Waals surface area contributed by atoms with Crippen LogP contribution >= 0.6 is 11.8 Å². The second-order valence-electron chi connectivity index (χ2n) is 4.43. The summed E-state index contributed by atoms with van der Waals surface area (Å²) in [4.78, 5) is 4.69. The average molecular weight is 267 g/mol. The standard InChI is InChI=1S/C16H15N2S/c1-18-11-5-4-8-16(18)19-12-14-10-9-13-6-2-3-7-15(13)17-14/h2-11H,12H2,1H3/q+1. The molecule has 0 radical (unpaired) electrons. The Bertz CT molecular complexity index is 710. The molecule has 3 rings (SSSR count). The number of aryl methyl sites for hydroxylation is 1. The van der Waals surface area contributed by atoms with Crippen LogP contribution in [0.2, 0.25) is 0 Å². The number of para-hydroxylation sites is 1. The normalized spacial score (nSPS) is 10.8. The fourth-order valence-corrected chi connectivity index (χ4v) is 2.89. The minimum atomic E-state index is 0.892. The van der Waals surface area contributed by atoms with E-state index in [0.717, 1.165) is 17.0 Å². The van der Waals surface area contributed by atoms with E-state index in [4.69, 9.17) is 0 Å². The maximum absolute atomic E-state index is 4.69. The first kappa shape index (κ1) is 12.2. The molecular weight excluding hydrogens is 252 g/mol. The second kappa shape index (κ2) is 5.41. The van der Waals surface area contributed by atoms with Crippen LogP contribution in [0.1, 0.15) is 5.69 Å². The smallest absolute Gasteiger partial charge is 0.240 e.